The highest BCUT2D eigenvalue weighted by atomic mass is 79.9. The van der Waals surface area contributed by atoms with Crippen molar-refractivity contribution in [1.82, 2.24) is 10.2 Å². The van der Waals surface area contributed by atoms with E-state index < -0.39 is 0 Å². The topological polar surface area (TPSA) is 18.5 Å². The zero-order chi connectivity index (χ0) is 12.5. The van der Waals surface area contributed by atoms with Crippen molar-refractivity contribution in [3.63, 3.8) is 0 Å². The van der Waals surface area contributed by atoms with E-state index in [0.29, 0.717) is 6.04 Å². The van der Waals surface area contributed by atoms with Crippen LogP contribution in [-0.2, 0) is 6.54 Å². The van der Waals surface area contributed by atoms with Gasteiger partial charge >= 0.3 is 0 Å². The number of likely N-dealkylation sites (tertiary alicyclic amines) is 1. The lowest BCUT2D eigenvalue weighted by Crippen LogP contribution is -2.39. The molecule has 3 nitrogen and oxygen atoms in total. The number of hydrogen-bond donors (Lipinski definition) is 1. The predicted molar refractivity (Wildman–Crippen MR) is 79.1 cm³/mol. The summed E-state index contributed by atoms with van der Waals surface area (Å²) in [6, 6.07) is 7.36. The Balaban J connectivity index is 1.91. The van der Waals surface area contributed by atoms with Crippen LogP contribution in [-0.4, -0.2) is 44.2 Å². The molecule has 18 heavy (non-hydrogen) atoms. The normalized spacial score (nSPS) is 25.0. The second-order valence-corrected chi connectivity index (χ2v) is 6.26. The number of benzene rings is 1. The number of nitrogens with one attached hydrogen (secondary N) is 1. The third-order valence-electron chi connectivity index (χ3n) is 4.00. The monoisotopic (exact) mass is 309 g/mol. The number of hydrogen-bond acceptors (Lipinski definition) is 3. The highest BCUT2D eigenvalue weighted by molar-refractivity contribution is 9.10. The Morgan fingerprint density at radius 2 is 2.22 bits per heavy atom. The first-order valence-corrected chi connectivity index (χ1v) is 7.47. The van der Waals surface area contributed by atoms with Gasteiger partial charge < -0.3 is 15.1 Å². The quantitative estimate of drug-likeness (QED) is 0.857. The molecule has 2 aliphatic rings. The number of halogens is 1. The van der Waals surface area contributed by atoms with E-state index in [4.69, 9.17) is 0 Å². The summed E-state index contributed by atoms with van der Waals surface area (Å²) in [6.45, 7) is 5.59. The van der Waals surface area contributed by atoms with Gasteiger partial charge in [-0.15, -0.1) is 0 Å². The zero-order valence-electron chi connectivity index (χ0n) is 10.8. The molecule has 0 spiro atoms. The molecule has 1 fully saturated rings. The van der Waals surface area contributed by atoms with E-state index in [1.54, 1.807) is 0 Å². The predicted octanol–water partition coefficient (Wildman–Crippen LogP) is 2.06. The maximum absolute atomic E-state index is 3.57. The van der Waals surface area contributed by atoms with Crippen molar-refractivity contribution in [1.29, 1.82) is 0 Å². The van der Waals surface area contributed by atoms with E-state index in [9.17, 15) is 0 Å². The van der Waals surface area contributed by atoms with Crippen molar-refractivity contribution in [3.05, 3.63) is 28.2 Å². The number of anilines is 1. The largest absolute Gasteiger partial charge is 0.366 e. The second kappa shape index (κ2) is 5.19. The minimum atomic E-state index is 0.676. The van der Waals surface area contributed by atoms with E-state index >= 15 is 0 Å². The Hall–Kier alpha value is -0.580. The molecule has 2 aliphatic heterocycles. The summed E-state index contributed by atoms with van der Waals surface area (Å²) in [5, 5.41) is 3.52. The van der Waals surface area contributed by atoms with Gasteiger partial charge in [0.1, 0.15) is 0 Å². The molecule has 0 aromatic heterocycles. The van der Waals surface area contributed by atoms with Crippen molar-refractivity contribution in [2.24, 2.45) is 0 Å². The fourth-order valence-electron chi connectivity index (χ4n) is 3.06. The Kier molecular flexibility index (Phi) is 3.59. The van der Waals surface area contributed by atoms with E-state index in [1.807, 2.05) is 0 Å². The van der Waals surface area contributed by atoms with Crippen molar-refractivity contribution in [2.75, 3.05) is 38.1 Å². The summed E-state index contributed by atoms with van der Waals surface area (Å²) < 4.78 is 1.17. The van der Waals surface area contributed by atoms with Gasteiger partial charge in [0.2, 0.25) is 0 Å². The van der Waals surface area contributed by atoms with Crippen LogP contribution in [0.25, 0.3) is 0 Å². The maximum Gasteiger partial charge on any atom is 0.0429 e. The lowest BCUT2D eigenvalue weighted by atomic mass is 10.1. The van der Waals surface area contributed by atoms with Gasteiger partial charge in [-0.25, -0.2) is 0 Å². The summed E-state index contributed by atoms with van der Waals surface area (Å²) in [4.78, 5) is 5.03. The SMILES string of the molecule is CN1CCC(N2CCNCc3cc(Br)ccc32)C1. The van der Waals surface area contributed by atoms with E-state index in [2.05, 4.69) is 56.3 Å². The molecule has 1 unspecified atom stereocenters. The molecule has 0 radical (unpaired) electrons. The molecule has 0 aliphatic carbocycles. The lowest BCUT2D eigenvalue weighted by Gasteiger charge is -2.31. The van der Waals surface area contributed by atoms with Crippen LogP contribution in [0.4, 0.5) is 5.69 Å². The molecule has 98 valence electrons. The smallest absolute Gasteiger partial charge is 0.0429 e. The molecule has 1 saturated heterocycles. The van der Waals surface area contributed by atoms with Gasteiger partial charge in [0.15, 0.2) is 0 Å². The van der Waals surface area contributed by atoms with Crippen molar-refractivity contribution in [3.8, 4) is 0 Å². The van der Waals surface area contributed by atoms with Gasteiger partial charge in [0.05, 0.1) is 0 Å². The minimum absolute atomic E-state index is 0.676. The average Bonchev–Trinajstić information content (AvgIpc) is 2.67. The summed E-state index contributed by atoms with van der Waals surface area (Å²) in [5.41, 5.74) is 2.83. The highest BCUT2D eigenvalue weighted by Gasteiger charge is 2.27. The highest BCUT2D eigenvalue weighted by Crippen LogP contribution is 2.29. The van der Waals surface area contributed by atoms with Crippen molar-refractivity contribution in [2.45, 2.75) is 19.0 Å². The van der Waals surface area contributed by atoms with Crippen molar-refractivity contribution < 1.29 is 0 Å². The zero-order valence-corrected chi connectivity index (χ0v) is 12.4. The van der Waals surface area contributed by atoms with Crippen LogP contribution in [0, 0.1) is 0 Å². The molecule has 1 aromatic rings. The van der Waals surface area contributed by atoms with Gasteiger partial charge in [-0.05, 0) is 43.8 Å². The first kappa shape index (κ1) is 12.5. The number of rotatable bonds is 1. The first-order valence-electron chi connectivity index (χ1n) is 6.68. The molecule has 4 heteroatoms. The number of likely N-dealkylation sites (N-methyl/N-ethyl adjacent to an activating group) is 1. The molecular weight excluding hydrogens is 290 g/mol. The molecule has 0 bridgehead atoms. The maximum atomic E-state index is 3.57. The molecule has 1 N–H and O–H groups in total. The third kappa shape index (κ3) is 2.42. The number of fused-ring (bicyclic) bond motifs is 1. The average molecular weight is 310 g/mol. The molecule has 2 heterocycles. The molecule has 0 amide bonds. The van der Waals surface area contributed by atoms with Gasteiger partial charge in [0, 0.05) is 42.4 Å². The van der Waals surface area contributed by atoms with Gasteiger partial charge in [-0.2, -0.15) is 0 Å². The standard InChI is InChI=1S/C14H20BrN3/c1-17-6-4-13(10-17)18-7-5-16-9-11-8-12(15)2-3-14(11)18/h2-3,8,13,16H,4-7,9-10H2,1H3. The van der Waals surface area contributed by atoms with Crippen LogP contribution in [0.15, 0.2) is 22.7 Å². The Labute approximate surface area is 117 Å². The van der Waals surface area contributed by atoms with Gasteiger partial charge in [0.25, 0.3) is 0 Å². The van der Waals surface area contributed by atoms with Crippen LogP contribution in [0.2, 0.25) is 0 Å². The van der Waals surface area contributed by atoms with Crippen molar-refractivity contribution >= 4 is 21.6 Å². The summed E-state index contributed by atoms with van der Waals surface area (Å²) >= 11 is 3.57. The van der Waals surface area contributed by atoms with E-state index in [-0.39, 0.29) is 0 Å². The van der Waals surface area contributed by atoms with Gasteiger partial charge in [-0.3, -0.25) is 0 Å². The fraction of sp³-hybridized carbons (Fsp3) is 0.571. The summed E-state index contributed by atoms with van der Waals surface area (Å²) in [5.74, 6) is 0. The summed E-state index contributed by atoms with van der Waals surface area (Å²) in [6.07, 6.45) is 1.28. The Morgan fingerprint density at radius 3 is 3.00 bits per heavy atom. The molecule has 3 rings (SSSR count). The molecule has 1 atom stereocenters. The Morgan fingerprint density at radius 1 is 1.33 bits per heavy atom. The lowest BCUT2D eigenvalue weighted by molar-refractivity contribution is 0.407. The van der Waals surface area contributed by atoms with Crippen LogP contribution in [0.3, 0.4) is 0 Å². The first-order chi connectivity index (χ1) is 8.74. The fourth-order valence-corrected chi connectivity index (χ4v) is 3.47. The minimum Gasteiger partial charge on any atom is -0.366 e. The molecule has 1 aromatic carbocycles. The number of nitrogens with zero attached hydrogens (tertiary/aromatic N) is 2. The van der Waals surface area contributed by atoms with Crippen LogP contribution < -0.4 is 10.2 Å². The van der Waals surface area contributed by atoms with E-state index in [1.165, 1.54) is 35.2 Å². The third-order valence-corrected chi connectivity index (χ3v) is 4.50. The summed E-state index contributed by atoms with van der Waals surface area (Å²) in [7, 11) is 2.22. The van der Waals surface area contributed by atoms with Crippen LogP contribution >= 0.6 is 15.9 Å². The van der Waals surface area contributed by atoms with E-state index in [0.717, 1.165) is 19.6 Å². The van der Waals surface area contributed by atoms with Gasteiger partial charge in [-0.1, -0.05) is 15.9 Å². The molecular formula is C14H20BrN3. The molecule has 0 saturated carbocycles. The van der Waals surface area contributed by atoms with Crippen LogP contribution in [0.5, 0.6) is 0 Å². The van der Waals surface area contributed by atoms with Crippen LogP contribution in [0.1, 0.15) is 12.0 Å². The Bertz CT molecular complexity index is 435. The second-order valence-electron chi connectivity index (χ2n) is 5.35.